The Balaban J connectivity index is 2.07. The predicted molar refractivity (Wildman–Crippen MR) is 66.8 cm³/mol. The van der Waals surface area contributed by atoms with Crippen LogP contribution in [0.4, 0.5) is 0 Å². The highest BCUT2D eigenvalue weighted by Crippen LogP contribution is 2.26. The third-order valence-corrected chi connectivity index (χ3v) is 3.05. The van der Waals surface area contributed by atoms with Gasteiger partial charge in [-0.25, -0.2) is 0 Å². The summed E-state index contributed by atoms with van der Waals surface area (Å²) in [7, 11) is 2.17. The van der Waals surface area contributed by atoms with Crippen LogP contribution in [-0.4, -0.2) is 23.0 Å². The zero-order chi connectivity index (χ0) is 10.8. The molecule has 0 radical (unpaired) electrons. The molecular formula is C12H16N2S. The van der Waals surface area contributed by atoms with Crippen molar-refractivity contribution in [3.63, 3.8) is 0 Å². The summed E-state index contributed by atoms with van der Waals surface area (Å²) in [6.07, 6.45) is 2.68. The number of nitrogens with two attached hydrogens (primary N) is 1. The lowest BCUT2D eigenvalue weighted by Gasteiger charge is -2.15. The molecule has 0 atom stereocenters. The van der Waals surface area contributed by atoms with E-state index in [1.54, 1.807) is 0 Å². The third-order valence-electron chi connectivity index (χ3n) is 2.81. The molecule has 15 heavy (non-hydrogen) atoms. The average Bonchev–Trinajstić information content (AvgIpc) is 3.01. The molecule has 2 rings (SSSR count). The van der Waals surface area contributed by atoms with Crippen LogP contribution < -0.4 is 5.73 Å². The number of nitrogens with zero attached hydrogens (tertiary/aromatic N) is 1. The van der Waals surface area contributed by atoms with Gasteiger partial charge in [0.2, 0.25) is 0 Å². The molecule has 0 saturated heterocycles. The van der Waals surface area contributed by atoms with Crippen LogP contribution in [0.15, 0.2) is 24.3 Å². The first kappa shape index (κ1) is 10.6. The minimum Gasteiger partial charge on any atom is -0.389 e. The summed E-state index contributed by atoms with van der Waals surface area (Å²) in [4.78, 5) is 2.87. The lowest BCUT2D eigenvalue weighted by molar-refractivity contribution is 0.316. The van der Waals surface area contributed by atoms with Gasteiger partial charge in [-0.05, 0) is 31.5 Å². The van der Waals surface area contributed by atoms with Crippen molar-refractivity contribution >= 4 is 17.2 Å². The van der Waals surface area contributed by atoms with E-state index in [1.807, 2.05) is 12.1 Å². The van der Waals surface area contributed by atoms with Crippen molar-refractivity contribution in [2.45, 2.75) is 25.4 Å². The van der Waals surface area contributed by atoms with E-state index in [1.165, 1.54) is 18.4 Å². The van der Waals surface area contributed by atoms with E-state index in [-0.39, 0.29) is 0 Å². The highest BCUT2D eigenvalue weighted by atomic mass is 32.1. The van der Waals surface area contributed by atoms with Crippen LogP contribution >= 0.6 is 12.2 Å². The van der Waals surface area contributed by atoms with Gasteiger partial charge in [0, 0.05) is 18.2 Å². The zero-order valence-electron chi connectivity index (χ0n) is 8.94. The fourth-order valence-electron chi connectivity index (χ4n) is 1.76. The van der Waals surface area contributed by atoms with Crippen LogP contribution in [0.2, 0.25) is 0 Å². The van der Waals surface area contributed by atoms with Crippen LogP contribution in [0, 0.1) is 0 Å². The Morgan fingerprint density at radius 1 is 1.53 bits per heavy atom. The van der Waals surface area contributed by atoms with Gasteiger partial charge in [-0.2, -0.15) is 0 Å². The molecule has 0 heterocycles. The molecule has 1 saturated carbocycles. The van der Waals surface area contributed by atoms with Crippen LogP contribution in [0.3, 0.4) is 0 Å². The fraction of sp³-hybridized carbons (Fsp3) is 0.417. The van der Waals surface area contributed by atoms with Gasteiger partial charge in [-0.3, -0.25) is 4.90 Å². The normalized spacial score (nSPS) is 15.6. The maximum atomic E-state index is 5.60. The van der Waals surface area contributed by atoms with E-state index in [9.17, 15) is 0 Å². The molecule has 0 amide bonds. The van der Waals surface area contributed by atoms with Crippen LogP contribution in [0.25, 0.3) is 0 Å². The van der Waals surface area contributed by atoms with E-state index >= 15 is 0 Å². The van der Waals surface area contributed by atoms with Gasteiger partial charge in [-0.1, -0.05) is 30.4 Å². The quantitative estimate of drug-likeness (QED) is 0.786. The van der Waals surface area contributed by atoms with E-state index < -0.39 is 0 Å². The predicted octanol–water partition coefficient (Wildman–Crippen LogP) is 1.92. The van der Waals surface area contributed by atoms with Crippen LogP contribution in [0.1, 0.15) is 24.0 Å². The van der Waals surface area contributed by atoms with Gasteiger partial charge in [0.05, 0.1) is 0 Å². The molecule has 2 nitrogen and oxygen atoms in total. The highest BCUT2D eigenvalue weighted by Gasteiger charge is 2.25. The maximum Gasteiger partial charge on any atom is 0.103 e. The van der Waals surface area contributed by atoms with Gasteiger partial charge in [0.25, 0.3) is 0 Å². The number of hydrogen-bond donors (Lipinski definition) is 1. The summed E-state index contributed by atoms with van der Waals surface area (Å²) < 4.78 is 0. The van der Waals surface area contributed by atoms with Crippen molar-refractivity contribution in [1.29, 1.82) is 0 Å². The van der Waals surface area contributed by atoms with E-state index in [0.29, 0.717) is 4.99 Å². The van der Waals surface area contributed by atoms with Crippen molar-refractivity contribution in [3.05, 3.63) is 35.4 Å². The van der Waals surface area contributed by atoms with Gasteiger partial charge in [0.15, 0.2) is 0 Å². The van der Waals surface area contributed by atoms with Gasteiger partial charge < -0.3 is 5.73 Å². The Kier molecular flexibility index (Phi) is 3.03. The molecule has 0 unspecified atom stereocenters. The van der Waals surface area contributed by atoms with Crippen LogP contribution in [-0.2, 0) is 6.54 Å². The molecule has 80 valence electrons. The summed E-state index contributed by atoms with van der Waals surface area (Å²) in [6, 6.07) is 8.98. The maximum absolute atomic E-state index is 5.60. The summed E-state index contributed by atoms with van der Waals surface area (Å²) in [5.74, 6) is 0. The average molecular weight is 220 g/mol. The fourth-order valence-corrected chi connectivity index (χ4v) is 1.88. The first-order chi connectivity index (χ1) is 7.16. The third kappa shape index (κ3) is 2.76. The molecule has 1 aromatic rings. The van der Waals surface area contributed by atoms with Gasteiger partial charge in [-0.15, -0.1) is 0 Å². The molecule has 0 bridgehead atoms. The smallest absolute Gasteiger partial charge is 0.103 e. The Labute approximate surface area is 96.1 Å². The second-order valence-electron chi connectivity index (χ2n) is 4.21. The minimum absolute atomic E-state index is 0.478. The lowest BCUT2D eigenvalue weighted by atomic mass is 10.1. The van der Waals surface area contributed by atoms with E-state index in [2.05, 4.69) is 24.1 Å². The number of benzene rings is 1. The number of hydrogen-bond acceptors (Lipinski definition) is 2. The standard InChI is InChI=1S/C12H16N2S/c1-14(11-5-6-11)8-9-3-2-4-10(7-9)12(13)15/h2-4,7,11H,5-6,8H2,1H3,(H2,13,15). The Morgan fingerprint density at radius 3 is 2.87 bits per heavy atom. The molecule has 0 aromatic heterocycles. The summed E-state index contributed by atoms with van der Waals surface area (Å²) in [5.41, 5.74) is 7.85. The van der Waals surface area contributed by atoms with Gasteiger partial charge >= 0.3 is 0 Å². The first-order valence-electron chi connectivity index (χ1n) is 5.26. The van der Waals surface area contributed by atoms with E-state index in [0.717, 1.165) is 18.2 Å². The molecule has 1 aliphatic carbocycles. The molecule has 2 N–H and O–H groups in total. The Bertz CT molecular complexity index is 372. The van der Waals surface area contributed by atoms with Crippen molar-refractivity contribution in [2.75, 3.05) is 7.05 Å². The van der Waals surface area contributed by atoms with Crippen molar-refractivity contribution in [1.82, 2.24) is 4.90 Å². The number of thiocarbonyl (C=S) groups is 1. The van der Waals surface area contributed by atoms with Crippen LogP contribution in [0.5, 0.6) is 0 Å². The molecular weight excluding hydrogens is 204 g/mol. The van der Waals surface area contributed by atoms with Crippen molar-refractivity contribution < 1.29 is 0 Å². The molecule has 1 fully saturated rings. The van der Waals surface area contributed by atoms with Gasteiger partial charge in [0.1, 0.15) is 4.99 Å². The molecule has 1 aromatic carbocycles. The molecule has 0 spiro atoms. The zero-order valence-corrected chi connectivity index (χ0v) is 9.76. The second-order valence-corrected chi connectivity index (χ2v) is 4.65. The SMILES string of the molecule is CN(Cc1cccc(C(N)=S)c1)C1CC1. The first-order valence-corrected chi connectivity index (χ1v) is 5.66. The van der Waals surface area contributed by atoms with E-state index in [4.69, 9.17) is 18.0 Å². The molecule has 3 heteroatoms. The van der Waals surface area contributed by atoms with Crippen molar-refractivity contribution in [3.8, 4) is 0 Å². The molecule has 1 aliphatic rings. The monoisotopic (exact) mass is 220 g/mol. The largest absolute Gasteiger partial charge is 0.389 e. The highest BCUT2D eigenvalue weighted by molar-refractivity contribution is 7.80. The lowest BCUT2D eigenvalue weighted by Crippen LogP contribution is -2.20. The Hall–Kier alpha value is -0.930. The summed E-state index contributed by atoms with van der Waals surface area (Å²) in [5, 5.41) is 0. The number of rotatable bonds is 4. The van der Waals surface area contributed by atoms with Crippen molar-refractivity contribution in [2.24, 2.45) is 5.73 Å². The summed E-state index contributed by atoms with van der Waals surface area (Å²) in [6.45, 7) is 0.987. The Morgan fingerprint density at radius 2 is 2.27 bits per heavy atom. The molecule has 0 aliphatic heterocycles. The minimum atomic E-state index is 0.478. The topological polar surface area (TPSA) is 29.3 Å². The summed E-state index contributed by atoms with van der Waals surface area (Å²) >= 11 is 4.96. The second kappa shape index (κ2) is 4.29.